The van der Waals surface area contributed by atoms with E-state index in [-0.39, 0.29) is 11.5 Å². The zero-order chi connectivity index (χ0) is 19.8. The molecule has 4 heteroatoms. The Labute approximate surface area is 165 Å². The highest BCUT2D eigenvalue weighted by Gasteiger charge is 2.11. The number of fused-ring (bicyclic) bond motifs is 1. The molecule has 1 amide bonds. The first-order valence-electron chi connectivity index (χ1n) is 9.22. The van der Waals surface area contributed by atoms with E-state index < -0.39 is 0 Å². The van der Waals surface area contributed by atoms with Crippen molar-refractivity contribution in [3.05, 3.63) is 83.4 Å². The second-order valence-corrected chi connectivity index (χ2v) is 6.42. The summed E-state index contributed by atoms with van der Waals surface area (Å²) in [6, 6.07) is 23.6. The SMILES string of the molecule is COc1ccc(/C=C(/C#N)C(=O)NCCCc2ccccc2)c2ccccc12. The van der Waals surface area contributed by atoms with Gasteiger partial charge in [0.25, 0.3) is 5.91 Å². The molecule has 0 unspecified atom stereocenters. The van der Waals surface area contributed by atoms with E-state index in [9.17, 15) is 10.1 Å². The maximum Gasteiger partial charge on any atom is 0.261 e. The zero-order valence-corrected chi connectivity index (χ0v) is 15.8. The second-order valence-electron chi connectivity index (χ2n) is 6.42. The van der Waals surface area contributed by atoms with Crippen molar-refractivity contribution in [3.8, 4) is 11.8 Å². The number of hydrogen-bond acceptors (Lipinski definition) is 3. The summed E-state index contributed by atoms with van der Waals surface area (Å²) < 4.78 is 5.40. The quantitative estimate of drug-likeness (QED) is 0.378. The second kappa shape index (κ2) is 9.38. The Morgan fingerprint density at radius 1 is 1.04 bits per heavy atom. The molecular formula is C24H22N2O2. The summed E-state index contributed by atoms with van der Waals surface area (Å²) in [6.45, 7) is 0.524. The van der Waals surface area contributed by atoms with Crippen LogP contribution in [0.5, 0.6) is 5.75 Å². The molecule has 0 aliphatic heterocycles. The van der Waals surface area contributed by atoms with Gasteiger partial charge in [-0.3, -0.25) is 4.79 Å². The van der Waals surface area contributed by atoms with Crippen LogP contribution in [0.3, 0.4) is 0 Å². The molecule has 4 nitrogen and oxygen atoms in total. The molecule has 0 fully saturated rings. The van der Waals surface area contributed by atoms with E-state index in [2.05, 4.69) is 17.4 Å². The molecule has 0 spiro atoms. The predicted octanol–water partition coefficient (Wildman–Crippen LogP) is 4.50. The lowest BCUT2D eigenvalue weighted by Crippen LogP contribution is -2.25. The Hall–Kier alpha value is -3.58. The Morgan fingerprint density at radius 3 is 2.46 bits per heavy atom. The van der Waals surface area contributed by atoms with Gasteiger partial charge >= 0.3 is 0 Å². The van der Waals surface area contributed by atoms with Crippen LogP contribution in [-0.4, -0.2) is 19.6 Å². The number of nitriles is 1. The molecule has 0 radical (unpaired) electrons. The Bertz CT molecular complexity index is 1030. The number of nitrogens with zero attached hydrogens (tertiary/aromatic N) is 1. The maximum absolute atomic E-state index is 12.4. The minimum absolute atomic E-state index is 0.0926. The number of rotatable bonds is 7. The minimum atomic E-state index is -0.351. The van der Waals surface area contributed by atoms with Gasteiger partial charge in [0.2, 0.25) is 0 Å². The molecule has 1 N–H and O–H groups in total. The fourth-order valence-electron chi connectivity index (χ4n) is 3.14. The van der Waals surface area contributed by atoms with Gasteiger partial charge in [-0.1, -0.05) is 60.7 Å². The van der Waals surface area contributed by atoms with Gasteiger partial charge in [-0.2, -0.15) is 5.26 Å². The number of ether oxygens (including phenoxy) is 1. The fourth-order valence-corrected chi connectivity index (χ4v) is 3.14. The van der Waals surface area contributed by atoms with E-state index in [1.807, 2.05) is 60.7 Å². The van der Waals surface area contributed by atoms with Crippen molar-refractivity contribution >= 4 is 22.8 Å². The lowest BCUT2D eigenvalue weighted by molar-refractivity contribution is -0.117. The molecule has 0 aliphatic rings. The minimum Gasteiger partial charge on any atom is -0.496 e. The van der Waals surface area contributed by atoms with Gasteiger partial charge in [0.1, 0.15) is 17.4 Å². The van der Waals surface area contributed by atoms with Crippen molar-refractivity contribution in [2.24, 2.45) is 0 Å². The highest BCUT2D eigenvalue weighted by atomic mass is 16.5. The third-order valence-electron chi connectivity index (χ3n) is 4.57. The van der Waals surface area contributed by atoms with Crippen LogP contribution in [0.25, 0.3) is 16.8 Å². The number of benzene rings is 3. The molecule has 0 saturated carbocycles. The third-order valence-corrected chi connectivity index (χ3v) is 4.57. The van der Waals surface area contributed by atoms with Crippen LogP contribution in [0.15, 0.2) is 72.3 Å². The van der Waals surface area contributed by atoms with Crippen LogP contribution in [0, 0.1) is 11.3 Å². The summed E-state index contributed by atoms with van der Waals surface area (Å²) in [4.78, 5) is 12.4. The average molecular weight is 370 g/mol. The van der Waals surface area contributed by atoms with Gasteiger partial charge in [0.05, 0.1) is 7.11 Å². The van der Waals surface area contributed by atoms with Crippen LogP contribution >= 0.6 is 0 Å². The number of carbonyl (C=O) groups excluding carboxylic acids is 1. The first-order chi connectivity index (χ1) is 13.7. The Morgan fingerprint density at radius 2 is 1.75 bits per heavy atom. The molecular weight excluding hydrogens is 348 g/mol. The molecule has 28 heavy (non-hydrogen) atoms. The zero-order valence-electron chi connectivity index (χ0n) is 15.8. The predicted molar refractivity (Wildman–Crippen MR) is 112 cm³/mol. The van der Waals surface area contributed by atoms with E-state index in [0.717, 1.165) is 34.9 Å². The van der Waals surface area contributed by atoms with Gasteiger partial charge in [-0.25, -0.2) is 0 Å². The highest BCUT2D eigenvalue weighted by molar-refractivity contribution is 6.04. The number of nitrogens with one attached hydrogen (secondary N) is 1. The molecule has 0 aliphatic carbocycles. The highest BCUT2D eigenvalue weighted by Crippen LogP contribution is 2.29. The van der Waals surface area contributed by atoms with Crippen molar-refractivity contribution in [2.45, 2.75) is 12.8 Å². The number of aryl methyl sites for hydroxylation is 1. The van der Waals surface area contributed by atoms with Gasteiger partial charge in [-0.05, 0) is 41.5 Å². The monoisotopic (exact) mass is 370 g/mol. The number of methoxy groups -OCH3 is 1. The van der Waals surface area contributed by atoms with Gasteiger partial charge in [-0.15, -0.1) is 0 Å². The van der Waals surface area contributed by atoms with Crippen LogP contribution in [-0.2, 0) is 11.2 Å². The Kier molecular flexibility index (Phi) is 6.43. The summed E-state index contributed by atoms with van der Waals surface area (Å²) in [5.74, 6) is 0.409. The summed E-state index contributed by atoms with van der Waals surface area (Å²) >= 11 is 0. The van der Waals surface area contributed by atoms with Crippen molar-refractivity contribution in [2.75, 3.05) is 13.7 Å². The topological polar surface area (TPSA) is 62.1 Å². The molecule has 3 aromatic rings. The van der Waals surface area contributed by atoms with Gasteiger partial charge in [0.15, 0.2) is 0 Å². The molecule has 0 saturated heterocycles. The number of hydrogen-bond donors (Lipinski definition) is 1. The first kappa shape index (κ1) is 19.2. The summed E-state index contributed by atoms with van der Waals surface area (Å²) in [7, 11) is 1.63. The van der Waals surface area contributed by atoms with E-state index in [4.69, 9.17) is 4.74 Å². The molecule has 0 aromatic heterocycles. The lowest BCUT2D eigenvalue weighted by Gasteiger charge is -2.09. The van der Waals surface area contributed by atoms with Crippen LogP contribution in [0.4, 0.5) is 0 Å². The summed E-state index contributed by atoms with van der Waals surface area (Å²) in [5.41, 5.74) is 2.14. The van der Waals surface area contributed by atoms with E-state index in [1.165, 1.54) is 5.56 Å². The molecule has 3 rings (SSSR count). The molecule has 3 aromatic carbocycles. The van der Waals surface area contributed by atoms with Gasteiger partial charge in [0, 0.05) is 11.9 Å². The van der Waals surface area contributed by atoms with Crippen molar-refractivity contribution in [1.82, 2.24) is 5.32 Å². The van der Waals surface area contributed by atoms with E-state index in [1.54, 1.807) is 13.2 Å². The Balaban J connectivity index is 1.71. The van der Waals surface area contributed by atoms with Crippen LogP contribution in [0.1, 0.15) is 17.5 Å². The summed E-state index contributed by atoms with van der Waals surface area (Å²) in [5, 5.41) is 14.2. The average Bonchev–Trinajstić information content (AvgIpc) is 2.75. The molecule has 0 atom stereocenters. The van der Waals surface area contributed by atoms with Crippen molar-refractivity contribution < 1.29 is 9.53 Å². The van der Waals surface area contributed by atoms with Crippen molar-refractivity contribution in [1.29, 1.82) is 5.26 Å². The normalized spacial score (nSPS) is 11.1. The first-order valence-corrected chi connectivity index (χ1v) is 9.22. The standard InChI is InChI=1S/C24H22N2O2/c1-28-23-14-13-19(21-11-5-6-12-22(21)23)16-20(17-25)24(27)26-15-7-10-18-8-3-2-4-9-18/h2-6,8-9,11-14,16H,7,10,15H2,1H3,(H,26,27)/b20-16-. The molecule has 0 bridgehead atoms. The maximum atomic E-state index is 12.4. The fraction of sp³-hybridized carbons (Fsp3) is 0.167. The van der Waals surface area contributed by atoms with Crippen molar-refractivity contribution in [3.63, 3.8) is 0 Å². The third kappa shape index (κ3) is 4.57. The largest absolute Gasteiger partial charge is 0.496 e. The summed E-state index contributed by atoms with van der Waals surface area (Å²) in [6.07, 6.45) is 3.34. The number of amides is 1. The lowest BCUT2D eigenvalue weighted by atomic mass is 10.0. The molecule has 140 valence electrons. The molecule has 0 heterocycles. The van der Waals surface area contributed by atoms with Crippen LogP contribution in [0.2, 0.25) is 0 Å². The number of carbonyl (C=O) groups is 1. The smallest absolute Gasteiger partial charge is 0.261 e. The van der Waals surface area contributed by atoms with E-state index in [0.29, 0.717) is 6.54 Å². The van der Waals surface area contributed by atoms with E-state index >= 15 is 0 Å². The van der Waals surface area contributed by atoms with Gasteiger partial charge < -0.3 is 10.1 Å². The van der Waals surface area contributed by atoms with Crippen LogP contribution < -0.4 is 10.1 Å².